The number of nitrogens with one attached hydrogen (secondary N) is 1. The summed E-state index contributed by atoms with van der Waals surface area (Å²) in [7, 11) is 0. The van der Waals surface area contributed by atoms with Crippen LogP contribution >= 0.6 is 0 Å². The van der Waals surface area contributed by atoms with E-state index in [1.165, 1.54) is 0 Å². The Kier molecular flexibility index (Phi) is 5.44. The summed E-state index contributed by atoms with van der Waals surface area (Å²) in [4.78, 5) is 13.5. The lowest BCUT2D eigenvalue weighted by Crippen LogP contribution is -2.41. The van der Waals surface area contributed by atoms with Crippen LogP contribution in [0.3, 0.4) is 0 Å². The maximum absolute atomic E-state index is 11.9. The van der Waals surface area contributed by atoms with Crippen LogP contribution < -0.4 is 5.32 Å². The molecule has 1 aliphatic heterocycles. The van der Waals surface area contributed by atoms with Gasteiger partial charge in [-0.1, -0.05) is 13.8 Å². The molecule has 3 nitrogen and oxygen atoms in total. The van der Waals surface area contributed by atoms with Crippen LogP contribution in [-0.2, 0) is 4.79 Å². The minimum atomic E-state index is -4.09. The summed E-state index contributed by atoms with van der Waals surface area (Å²) in [6.07, 6.45) is -3.59. The lowest BCUT2D eigenvalue weighted by atomic mass is 10.2. The molecule has 0 aromatic carbocycles. The quantitative estimate of drug-likeness (QED) is 0.748. The highest BCUT2D eigenvalue weighted by Gasteiger charge is 2.31. The Bertz CT molecular complexity index is 279. The van der Waals surface area contributed by atoms with E-state index in [4.69, 9.17) is 0 Å². The van der Waals surface area contributed by atoms with Gasteiger partial charge < -0.3 is 10.2 Å². The van der Waals surface area contributed by atoms with E-state index >= 15 is 0 Å². The Labute approximate surface area is 106 Å². The summed E-state index contributed by atoms with van der Waals surface area (Å²) in [5.41, 5.74) is 0. The molecule has 1 N–H and O–H groups in total. The Morgan fingerprint density at radius 1 is 1.39 bits per heavy atom. The standard InChI is InChI=1S/C12H21F3N2O/c1-9(2)16-10-5-8-17(11(10)18)7-4-3-6-12(13,14)15/h9-10,16H,3-8H2,1-2H3. The average molecular weight is 266 g/mol. The van der Waals surface area contributed by atoms with Gasteiger partial charge in [0.15, 0.2) is 0 Å². The fraction of sp³-hybridized carbons (Fsp3) is 0.917. The summed E-state index contributed by atoms with van der Waals surface area (Å²) >= 11 is 0. The number of unbranched alkanes of at least 4 members (excludes halogenated alkanes) is 1. The molecule has 0 spiro atoms. The zero-order valence-electron chi connectivity index (χ0n) is 10.9. The fourth-order valence-corrected chi connectivity index (χ4v) is 2.15. The van der Waals surface area contributed by atoms with Crippen molar-refractivity contribution in [1.29, 1.82) is 0 Å². The highest BCUT2D eigenvalue weighted by Crippen LogP contribution is 2.22. The second kappa shape index (κ2) is 6.41. The summed E-state index contributed by atoms with van der Waals surface area (Å²) < 4.78 is 35.8. The first-order chi connectivity index (χ1) is 8.29. The molecule has 0 radical (unpaired) electrons. The third-order valence-corrected chi connectivity index (χ3v) is 2.97. The van der Waals surface area contributed by atoms with E-state index < -0.39 is 12.6 Å². The van der Waals surface area contributed by atoms with Crippen LogP contribution in [0.1, 0.15) is 39.5 Å². The molecule has 1 heterocycles. The molecular formula is C12H21F3N2O. The highest BCUT2D eigenvalue weighted by atomic mass is 19.4. The van der Waals surface area contributed by atoms with Gasteiger partial charge in [-0.25, -0.2) is 0 Å². The summed E-state index contributed by atoms with van der Waals surface area (Å²) in [5.74, 6) is 0.0238. The molecular weight excluding hydrogens is 245 g/mol. The third kappa shape index (κ3) is 5.25. The predicted molar refractivity (Wildman–Crippen MR) is 63.2 cm³/mol. The predicted octanol–water partition coefficient (Wildman–Crippen LogP) is 2.32. The lowest BCUT2D eigenvalue weighted by molar-refractivity contribution is -0.136. The van der Waals surface area contributed by atoms with Crippen molar-refractivity contribution in [3.8, 4) is 0 Å². The molecule has 1 atom stereocenters. The number of alkyl halides is 3. The average Bonchev–Trinajstić information content (AvgIpc) is 2.54. The van der Waals surface area contributed by atoms with Gasteiger partial charge in [0.05, 0.1) is 6.04 Å². The minimum Gasteiger partial charge on any atom is -0.341 e. The molecule has 1 unspecified atom stereocenters. The van der Waals surface area contributed by atoms with Crippen LogP contribution in [0.25, 0.3) is 0 Å². The normalized spacial score (nSPS) is 21.1. The van der Waals surface area contributed by atoms with Crippen LogP contribution in [0.5, 0.6) is 0 Å². The van der Waals surface area contributed by atoms with E-state index in [-0.39, 0.29) is 24.4 Å². The minimum absolute atomic E-state index is 0.0238. The molecule has 1 saturated heterocycles. The zero-order valence-corrected chi connectivity index (χ0v) is 10.9. The number of amides is 1. The number of halogens is 3. The molecule has 6 heteroatoms. The topological polar surface area (TPSA) is 32.3 Å². The molecule has 1 rings (SSSR count). The maximum Gasteiger partial charge on any atom is 0.389 e. The molecule has 0 saturated carbocycles. The van der Waals surface area contributed by atoms with Crippen molar-refractivity contribution in [2.45, 2.75) is 57.8 Å². The number of nitrogens with zero attached hydrogens (tertiary/aromatic N) is 1. The number of likely N-dealkylation sites (tertiary alicyclic amines) is 1. The second-order valence-corrected chi connectivity index (χ2v) is 5.06. The Hall–Kier alpha value is -0.780. The monoisotopic (exact) mass is 266 g/mol. The fourth-order valence-electron chi connectivity index (χ4n) is 2.15. The number of rotatable bonds is 6. The highest BCUT2D eigenvalue weighted by molar-refractivity contribution is 5.83. The Morgan fingerprint density at radius 3 is 2.61 bits per heavy atom. The first kappa shape index (κ1) is 15.3. The van der Waals surface area contributed by atoms with E-state index in [2.05, 4.69) is 5.32 Å². The largest absolute Gasteiger partial charge is 0.389 e. The van der Waals surface area contributed by atoms with Crippen molar-refractivity contribution < 1.29 is 18.0 Å². The van der Waals surface area contributed by atoms with Crippen LogP contribution in [0.15, 0.2) is 0 Å². The van der Waals surface area contributed by atoms with E-state index in [1.54, 1.807) is 4.90 Å². The van der Waals surface area contributed by atoms with E-state index in [0.29, 0.717) is 19.5 Å². The maximum atomic E-state index is 11.9. The Balaban J connectivity index is 2.22. The summed E-state index contributed by atoms with van der Waals surface area (Å²) in [5, 5.41) is 3.16. The molecule has 0 aromatic heterocycles. The SMILES string of the molecule is CC(C)NC1CCN(CCCCC(F)(F)F)C1=O. The smallest absolute Gasteiger partial charge is 0.341 e. The van der Waals surface area contributed by atoms with Gasteiger partial charge in [0.2, 0.25) is 5.91 Å². The van der Waals surface area contributed by atoms with Gasteiger partial charge in [0, 0.05) is 25.6 Å². The van der Waals surface area contributed by atoms with E-state index in [9.17, 15) is 18.0 Å². The number of hydrogen-bond donors (Lipinski definition) is 1. The van der Waals surface area contributed by atoms with Crippen molar-refractivity contribution in [3.05, 3.63) is 0 Å². The van der Waals surface area contributed by atoms with Crippen molar-refractivity contribution >= 4 is 5.91 Å². The number of hydrogen-bond acceptors (Lipinski definition) is 2. The molecule has 106 valence electrons. The molecule has 0 bridgehead atoms. The second-order valence-electron chi connectivity index (χ2n) is 5.06. The van der Waals surface area contributed by atoms with Crippen LogP contribution in [0.4, 0.5) is 13.2 Å². The summed E-state index contributed by atoms with van der Waals surface area (Å²) in [6, 6.07) is 0.0803. The molecule has 18 heavy (non-hydrogen) atoms. The number of carbonyl (C=O) groups excluding carboxylic acids is 1. The van der Waals surface area contributed by atoms with Gasteiger partial charge in [0.1, 0.15) is 0 Å². The van der Waals surface area contributed by atoms with Crippen LogP contribution in [0.2, 0.25) is 0 Å². The van der Waals surface area contributed by atoms with Gasteiger partial charge in [0.25, 0.3) is 0 Å². The molecule has 1 aliphatic rings. The molecule has 0 aliphatic carbocycles. The molecule has 1 fully saturated rings. The van der Waals surface area contributed by atoms with Crippen molar-refractivity contribution in [3.63, 3.8) is 0 Å². The number of carbonyl (C=O) groups is 1. The van der Waals surface area contributed by atoms with Gasteiger partial charge in [-0.2, -0.15) is 13.2 Å². The van der Waals surface area contributed by atoms with Gasteiger partial charge in [-0.15, -0.1) is 0 Å². The van der Waals surface area contributed by atoms with Gasteiger partial charge in [-0.05, 0) is 19.3 Å². The Morgan fingerprint density at radius 2 is 2.06 bits per heavy atom. The van der Waals surface area contributed by atoms with Crippen LogP contribution in [-0.4, -0.2) is 42.2 Å². The summed E-state index contributed by atoms with van der Waals surface area (Å²) in [6.45, 7) is 5.03. The van der Waals surface area contributed by atoms with Gasteiger partial charge >= 0.3 is 6.18 Å². The molecule has 1 amide bonds. The van der Waals surface area contributed by atoms with Crippen LogP contribution in [0, 0.1) is 0 Å². The lowest BCUT2D eigenvalue weighted by Gasteiger charge is -2.18. The van der Waals surface area contributed by atoms with Crippen molar-refractivity contribution in [2.24, 2.45) is 0 Å². The van der Waals surface area contributed by atoms with Gasteiger partial charge in [-0.3, -0.25) is 4.79 Å². The van der Waals surface area contributed by atoms with Crippen molar-refractivity contribution in [2.75, 3.05) is 13.1 Å². The van der Waals surface area contributed by atoms with E-state index in [1.807, 2.05) is 13.8 Å². The van der Waals surface area contributed by atoms with Crippen molar-refractivity contribution in [1.82, 2.24) is 10.2 Å². The molecule has 0 aromatic rings. The van der Waals surface area contributed by atoms with E-state index in [0.717, 1.165) is 6.42 Å². The zero-order chi connectivity index (χ0) is 13.8. The first-order valence-corrected chi connectivity index (χ1v) is 6.41. The third-order valence-electron chi connectivity index (χ3n) is 2.97. The first-order valence-electron chi connectivity index (χ1n) is 6.41.